The van der Waals surface area contributed by atoms with Crippen molar-refractivity contribution in [1.82, 2.24) is 0 Å². The Balaban J connectivity index is 2.07. The van der Waals surface area contributed by atoms with Crippen molar-refractivity contribution in [3.8, 4) is 0 Å². The molecule has 0 atom stereocenters. The van der Waals surface area contributed by atoms with E-state index in [0.29, 0.717) is 0 Å². The van der Waals surface area contributed by atoms with Crippen molar-refractivity contribution < 1.29 is 0 Å². The summed E-state index contributed by atoms with van der Waals surface area (Å²) in [5.41, 5.74) is 4.91. The highest BCUT2D eigenvalue weighted by atomic mass is 15.1. The summed E-state index contributed by atoms with van der Waals surface area (Å²) in [5.74, 6) is 0. The molecule has 1 nitrogen and oxygen atoms in total. The van der Waals surface area contributed by atoms with Crippen LogP contribution < -0.4 is 4.90 Å². The van der Waals surface area contributed by atoms with Crippen molar-refractivity contribution >= 4 is 16.5 Å². The van der Waals surface area contributed by atoms with E-state index in [1.165, 1.54) is 27.9 Å². The fourth-order valence-electron chi connectivity index (χ4n) is 3.08. The normalized spacial score (nSPS) is 15.2. The molecule has 2 aromatic carbocycles. The molecule has 0 radical (unpaired) electrons. The molecule has 1 aliphatic carbocycles. The fraction of sp³-hybridized carbons (Fsp3) is 0.167. The van der Waals surface area contributed by atoms with Gasteiger partial charge in [0.2, 0.25) is 0 Å². The van der Waals surface area contributed by atoms with Crippen molar-refractivity contribution in [2.45, 2.75) is 26.7 Å². The van der Waals surface area contributed by atoms with E-state index >= 15 is 0 Å². The predicted molar refractivity (Wildman–Crippen MR) is 111 cm³/mol. The highest BCUT2D eigenvalue weighted by Gasteiger charge is 2.15. The molecule has 0 heterocycles. The maximum absolute atomic E-state index is 3.83. The molecule has 0 N–H and O–H groups in total. The Morgan fingerprint density at radius 2 is 1.84 bits per heavy atom. The van der Waals surface area contributed by atoms with Gasteiger partial charge >= 0.3 is 0 Å². The largest absolute Gasteiger partial charge is 0.318 e. The number of hydrogen-bond acceptors (Lipinski definition) is 1. The van der Waals surface area contributed by atoms with Gasteiger partial charge in [-0.05, 0) is 61.7 Å². The van der Waals surface area contributed by atoms with Gasteiger partial charge in [0.15, 0.2) is 0 Å². The average molecular weight is 327 g/mol. The monoisotopic (exact) mass is 327 g/mol. The van der Waals surface area contributed by atoms with Gasteiger partial charge in [-0.3, -0.25) is 0 Å². The van der Waals surface area contributed by atoms with Crippen LogP contribution >= 0.6 is 0 Å². The van der Waals surface area contributed by atoms with E-state index in [2.05, 4.69) is 98.2 Å². The number of hydrogen-bond donors (Lipinski definition) is 0. The minimum atomic E-state index is 1.05. The summed E-state index contributed by atoms with van der Waals surface area (Å²) in [6, 6.07) is 15.2. The first kappa shape index (κ1) is 17.0. The highest BCUT2D eigenvalue weighted by Crippen LogP contribution is 2.31. The van der Waals surface area contributed by atoms with Crippen LogP contribution in [0.5, 0.6) is 0 Å². The van der Waals surface area contributed by atoms with Gasteiger partial charge in [0, 0.05) is 17.1 Å². The molecule has 3 rings (SSSR count). The molecule has 2 aromatic rings. The number of allylic oxidation sites excluding steroid dienone is 9. The number of rotatable bonds is 5. The van der Waals surface area contributed by atoms with Crippen LogP contribution in [-0.2, 0) is 0 Å². The molecule has 1 aliphatic rings. The van der Waals surface area contributed by atoms with E-state index < -0.39 is 0 Å². The highest BCUT2D eigenvalue weighted by molar-refractivity contribution is 5.86. The lowest BCUT2D eigenvalue weighted by molar-refractivity contribution is 0.892. The molecular weight excluding hydrogens is 302 g/mol. The number of nitrogens with zero attached hydrogens (tertiary/aromatic N) is 1. The molecule has 0 bridgehead atoms. The Morgan fingerprint density at radius 1 is 1.04 bits per heavy atom. The predicted octanol–water partition coefficient (Wildman–Crippen LogP) is 6.92. The summed E-state index contributed by atoms with van der Waals surface area (Å²) in [6.45, 7) is 8.07. The smallest absolute Gasteiger partial charge is 0.0461 e. The van der Waals surface area contributed by atoms with Crippen LogP contribution in [0, 0.1) is 0 Å². The molecular formula is C24H25N. The molecule has 0 aliphatic heterocycles. The number of fused-ring (bicyclic) bond motifs is 1. The quantitative estimate of drug-likeness (QED) is 0.539. The summed E-state index contributed by atoms with van der Waals surface area (Å²) in [6.07, 6.45) is 14.9. The van der Waals surface area contributed by atoms with Gasteiger partial charge in [0.25, 0.3) is 0 Å². The maximum Gasteiger partial charge on any atom is 0.0461 e. The molecule has 126 valence electrons. The zero-order chi connectivity index (χ0) is 17.6. The van der Waals surface area contributed by atoms with Gasteiger partial charge in [0.05, 0.1) is 0 Å². The molecule has 0 saturated heterocycles. The van der Waals surface area contributed by atoms with E-state index in [9.17, 15) is 0 Å². The van der Waals surface area contributed by atoms with Crippen LogP contribution in [0.25, 0.3) is 10.8 Å². The molecule has 25 heavy (non-hydrogen) atoms. The fourth-order valence-corrected chi connectivity index (χ4v) is 3.08. The Kier molecular flexibility index (Phi) is 5.35. The van der Waals surface area contributed by atoms with Crippen molar-refractivity contribution in [2.24, 2.45) is 0 Å². The summed E-state index contributed by atoms with van der Waals surface area (Å²) >= 11 is 0. The van der Waals surface area contributed by atoms with Crippen molar-refractivity contribution in [1.29, 1.82) is 0 Å². The van der Waals surface area contributed by atoms with Crippen LogP contribution in [0.3, 0.4) is 0 Å². The third-order valence-electron chi connectivity index (χ3n) is 4.53. The van der Waals surface area contributed by atoms with Crippen LogP contribution in [0.1, 0.15) is 26.7 Å². The Bertz CT molecular complexity index is 893. The van der Waals surface area contributed by atoms with E-state index in [1.54, 1.807) is 0 Å². The molecule has 0 unspecified atom stereocenters. The Morgan fingerprint density at radius 3 is 2.56 bits per heavy atom. The molecule has 0 saturated carbocycles. The summed E-state index contributed by atoms with van der Waals surface area (Å²) in [7, 11) is 0. The van der Waals surface area contributed by atoms with Crippen LogP contribution in [0.2, 0.25) is 0 Å². The van der Waals surface area contributed by atoms with E-state index in [0.717, 1.165) is 18.4 Å². The Labute approximate surface area is 151 Å². The summed E-state index contributed by atoms with van der Waals surface area (Å²) in [5, 5.41) is 2.54. The third kappa shape index (κ3) is 4.00. The van der Waals surface area contributed by atoms with Crippen LogP contribution in [0.15, 0.2) is 102 Å². The second-order valence-corrected chi connectivity index (χ2v) is 6.41. The first-order valence-corrected chi connectivity index (χ1v) is 8.81. The molecule has 0 fully saturated rings. The summed E-state index contributed by atoms with van der Waals surface area (Å²) < 4.78 is 0. The topological polar surface area (TPSA) is 3.24 Å². The third-order valence-corrected chi connectivity index (χ3v) is 4.53. The van der Waals surface area contributed by atoms with Gasteiger partial charge in [-0.1, -0.05) is 66.8 Å². The maximum atomic E-state index is 3.83. The minimum absolute atomic E-state index is 1.05. The SMILES string of the molecule is C=C/C(C)=C\C=C(/C)N(C1=CC=CCC1)c1ccc2ccccc2c1. The van der Waals surface area contributed by atoms with Gasteiger partial charge < -0.3 is 4.90 Å². The zero-order valence-corrected chi connectivity index (χ0v) is 15.1. The standard InChI is InChI=1S/C24H25N/c1-4-19(2)14-15-20(3)25(23-12-6-5-7-13-23)24-17-16-21-10-8-9-11-22(21)18-24/h4-6,8-12,14-18H,1,7,13H2,2-3H3/b19-14-,20-15+. The van der Waals surface area contributed by atoms with Gasteiger partial charge in [-0.2, -0.15) is 0 Å². The average Bonchev–Trinajstić information content (AvgIpc) is 2.67. The number of anilines is 1. The molecule has 0 amide bonds. The lowest BCUT2D eigenvalue weighted by atomic mass is 10.1. The van der Waals surface area contributed by atoms with Crippen LogP contribution in [-0.4, -0.2) is 0 Å². The van der Waals surface area contributed by atoms with E-state index in [1.807, 2.05) is 6.08 Å². The van der Waals surface area contributed by atoms with E-state index in [4.69, 9.17) is 0 Å². The van der Waals surface area contributed by atoms with Crippen molar-refractivity contribution in [3.05, 3.63) is 102 Å². The van der Waals surface area contributed by atoms with Crippen LogP contribution in [0.4, 0.5) is 5.69 Å². The molecule has 0 aromatic heterocycles. The van der Waals surface area contributed by atoms with E-state index in [-0.39, 0.29) is 0 Å². The summed E-state index contributed by atoms with van der Waals surface area (Å²) in [4.78, 5) is 2.36. The molecule has 0 spiro atoms. The van der Waals surface area contributed by atoms with Gasteiger partial charge in [0.1, 0.15) is 0 Å². The van der Waals surface area contributed by atoms with Crippen molar-refractivity contribution in [2.75, 3.05) is 4.90 Å². The second kappa shape index (κ2) is 7.85. The lowest BCUT2D eigenvalue weighted by Gasteiger charge is -2.29. The lowest BCUT2D eigenvalue weighted by Crippen LogP contribution is -2.21. The molecule has 1 heteroatoms. The number of benzene rings is 2. The minimum Gasteiger partial charge on any atom is -0.318 e. The van der Waals surface area contributed by atoms with Crippen molar-refractivity contribution in [3.63, 3.8) is 0 Å². The zero-order valence-electron chi connectivity index (χ0n) is 15.1. The first-order chi connectivity index (χ1) is 12.2. The first-order valence-electron chi connectivity index (χ1n) is 8.81. The second-order valence-electron chi connectivity index (χ2n) is 6.41. The van der Waals surface area contributed by atoms with Gasteiger partial charge in [-0.15, -0.1) is 0 Å². The Hall–Kier alpha value is -2.80. The van der Waals surface area contributed by atoms with Gasteiger partial charge in [-0.25, -0.2) is 0 Å².